The van der Waals surface area contributed by atoms with Crippen molar-refractivity contribution in [3.63, 3.8) is 0 Å². The van der Waals surface area contributed by atoms with Crippen LogP contribution < -0.4 is 10.5 Å². The van der Waals surface area contributed by atoms with Crippen LogP contribution in [0.2, 0.25) is 0 Å². The molecular formula is C13H20ClNO3. The Morgan fingerprint density at radius 3 is 2.50 bits per heavy atom. The van der Waals surface area contributed by atoms with Gasteiger partial charge in [-0.05, 0) is 37.6 Å². The lowest BCUT2D eigenvalue weighted by molar-refractivity contribution is -0.142. The van der Waals surface area contributed by atoms with Gasteiger partial charge in [0.2, 0.25) is 0 Å². The van der Waals surface area contributed by atoms with Gasteiger partial charge in [0.25, 0.3) is 0 Å². The van der Waals surface area contributed by atoms with Crippen molar-refractivity contribution in [3.05, 3.63) is 29.8 Å². The van der Waals surface area contributed by atoms with Gasteiger partial charge >= 0.3 is 5.97 Å². The highest BCUT2D eigenvalue weighted by Crippen LogP contribution is 2.13. The van der Waals surface area contributed by atoms with Crippen molar-refractivity contribution < 1.29 is 14.3 Å². The van der Waals surface area contributed by atoms with Crippen molar-refractivity contribution in [2.45, 2.75) is 19.8 Å². The van der Waals surface area contributed by atoms with Gasteiger partial charge in [-0.15, -0.1) is 12.4 Å². The Hall–Kier alpha value is -1.26. The van der Waals surface area contributed by atoms with E-state index < -0.39 is 0 Å². The molecule has 0 aliphatic carbocycles. The van der Waals surface area contributed by atoms with Crippen LogP contribution in [0.4, 0.5) is 0 Å². The van der Waals surface area contributed by atoms with E-state index in [9.17, 15) is 4.79 Å². The molecule has 1 aromatic rings. The fourth-order valence-electron chi connectivity index (χ4n) is 1.36. The number of benzene rings is 1. The average Bonchev–Trinajstić information content (AvgIpc) is 2.32. The van der Waals surface area contributed by atoms with E-state index in [1.165, 1.54) is 0 Å². The molecule has 0 aliphatic heterocycles. The third-order valence-corrected chi connectivity index (χ3v) is 2.19. The molecule has 0 saturated heterocycles. The molecule has 2 N–H and O–H groups in total. The van der Waals surface area contributed by atoms with Gasteiger partial charge in [-0.25, -0.2) is 0 Å². The SMILES string of the molecule is CCOC(=O)Cc1ccc(OCCCN)cc1.Cl. The number of rotatable bonds is 7. The van der Waals surface area contributed by atoms with Crippen LogP contribution in [0.25, 0.3) is 0 Å². The Kier molecular flexibility index (Phi) is 9.06. The van der Waals surface area contributed by atoms with Crippen LogP contribution in [-0.4, -0.2) is 25.7 Å². The molecule has 102 valence electrons. The molecule has 0 heterocycles. The number of hydrogen-bond acceptors (Lipinski definition) is 4. The van der Waals surface area contributed by atoms with Crippen molar-refractivity contribution in [2.75, 3.05) is 19.8 Å². The summed E-state index contributed by atoms with van der Waals surface area (Å²) in [6, 6.07) is 7.44. The first-order valence-electron chi connectivity index (χ1n) is 5.83. The highest BCUT2D eigenvalue weighted by Gasteiger charge is 2.03. The summed E-state index contributed by atoms with van der Waals surface area (Å²) in [5.74, 6) is 0.593. The normalized spacial score (nSPS) is 9.44. The van der Waals surface area contributed by atoms with Crippen LogP contribution in [0.5, 0.6) is 5.75 Å². The monoisotopic (exact) mass is 273 g/mol. The van der Waals surface area contributed by atoms with Crippen molar-refractivity contribution in [3.8, 4) is 5.75 Å². The molecule has 0 fully saturated rings. The Morgan fingerprint density at radius 1 is 1.28 bits per heavy atom. The summed E-state index contributed by atoms with van der Waals surface area (Å²) in [4.78, 5) is 11.2. The van der Waals surface area contributed by atoms with E-state index in [1.54, 1.807) is 6.92 Å². The van der Waals surface area contributed by atoms with Crippen molar-refractivity contribution in [2.24, 2.45) is 5.73 Å². The molecule has 4 nitrogen and oxygen atoms in total. The number of nitrogens with two attached hydrogens (primary N) is 1. The first kappa shape index (κ1) is 16.7. The number of carbonyl (C=O) groups excluding carboxylic acids is 1. The molecule has 1 aromatic carbocycles. The molecule has 0 unspecified atom stereocenters. The molecule has 0 amide bonds. The molecule has 0 bridgehead atoms. The maximum atomic E-state index is 11.2. The average molecular weight is 274 g/mol. The van der Waals surface area contributed by atoms with Crippen molar-refractivity contribution in [1.29, 1.82) is 0 Å². The van der Waals surface area contributed by atoms with E-state index in [4.69, 9.17) is 15.2 Å². The minimum atomic E-state index is -0.204. The number of esters is 1. The summed E-state index contributed by atoms with van der Waals surface area (Å²) in [7, 11) is 0. The van der Waals surface area contributed by atoms with Crippen molar-refractivity contribution in [1.82, 2.24) is 0 Å². The lowest BCUT2D eigenvalue weighted by Crippen LogP contribution is -2.08. The Balaban J connectivity index is 0.00000289. The van der Waals surface area contributed by atoms with Crippen LogP contribution in [0.3, 0.4) is 0 Å². The molecule has 0 aromatic heterocycles. The first-order valence-corrected chi connectivity index (χ1v) is 5.83. The van der Waals surface area contributed by atoms with E-state index in [0.29, 0.717) is 26.2 Å². The molecule has 5 heteroatoms. The topological polar surface area (TPSA) is 61.5 Å². The minimum absolute atomic E-state index is 0. The van der Waals surface area contributed by atoms with Gasteiger partial charge in [-0.3, -0.25) is 4.79 Å². The van der Waals surface area contributed by atoms with E-state index >= 15 is 0 Å². The Bertz CT molecular complexity index is 341. The summed E-state index contributed by atoms with van der Waals surface area (Å²) in [6.45, 7) is 3.46. The summed E-state index contributed by atoms with van der Waals surface area (Å²) in [6.07, 6.45) is 1.14. The highest BCUT2D eigenvalue weighted by atomic mass is 35.5. The predicted octanol–water partition coefficient (Wildman–Crippen LogP) is 1.94. The minimum Gasteiger partial charge on any atom is -0.494 e. The fraction of sp³-hybridized carbons (Fsp3) is 0.462. The number of carbonyl (C=O) groups is 1. The van der Waals surface area contributed by atoms with Crippen LogP contribution in [0, 0.1) is 0 Å². The fourth-order valence-corrected chi connectivity index (χ4v) is 1.36. The standard InChI is InChI=1S/C13H19NO3.ClH/c1-2-16-13(15)10-11-4-6-12(7-5-11)17-9-3-8-14;/h4-7H,2-3,8-10,14H2,1H3;1H. The molecule has 0 spiro atoms. The quantitative estimate of drug-likeness (QED) is 0.609. The predicted molar refractivity (Wildman–Crippen MR) is 73.2 cm³/mol. The van der Waals surface area contributed by atoms with Crippen LogP contribution in [0.1, 0.15) is 18.9 Å². The summed E-state index contributed by atoms with van der Waals surface area (Å²) < 4.78 is 10.3. The van der Waals surface area contributed by atoms with E-state index in [2.05, 4.69) is 0 Å². The van der Waals surface area contributed by atoms with Crippen molar-refractivity contribution >= 4 is 18.4 Å². The van der Waals surface area contributed by atoms with E-state index in [-0.39, 0.29) is 18.4 Å². The van der Waals surface area contributed by atoms with Gasteiger partial charge in [0.1, 0.15) is 5.75 Å². The molecular weight excluding hydrogens is 254 g/mol. The smallest absolute Gasteiger partial charge is 0.310 e. The molecule has 0 saturated carbocycles. The zero-order chi connectivity index (χ0) is 12.5. The maximum absolute atomic E-state index is 11.2. The lowest BCUT2D eigenvalue weighted by Gasteiger charge is -2.06. The highest BCUT2D eigenvalue weighted by molar-refractivity contribution is 5.85. The van der Waals surface area contributed by atoms with Gasteiger partial charge in [0.15, 0.2) is 0 Å². The number of ether oxygens (including phenoxy) is 2. The molecule has 1 rings (SSSR count). The van der Waals surface area contributed by atoms with Gasteiger partial charge in [0.05, 0.1) is 19.6 Å². The molecule has 0 aliphatic rings. The third-order valence-electron chi connectivity index (χ3n) is 2.19. The number of halogens is 1. The second kappa shape index (κ2) is 9.74. The largest absolute Gasteiger partial charge is 0.494 e. The lowest BCUT2D eigenvalue weighted by atomic mass is 10.1. The van der Waals surface area contributed by atoms with Crippen LogP contribution in [0.15, 0.2) is 24.3 Å². The van der Waals surface area contributed by atoms with Gasteiger partial charge in [0, 0.05) is 0 Å². The van der Waals surface area contributed by atoms with Crippen LogP contribution in [-0.2, 0) is 16.0 Å². The van der Waals surface area contributed by atoms with Gasteiger partial charge < -0.3 is 15.2 Å². The molecule has 0 radical (unpaired) electrons. The zero-order valence-electron chi connectivity index (χ0n) is 10.6. The van der Waals surface area contributed by atoms with Gasteiger partial charge in [-0.2, -0.15) is 0 Å². The summed E-state index contributed by atoms with van der Waals surface area (Å²) >= 11 is 0. The Labute approximate surface area is 114 Å². The second-order valence-electron chi connectivity index (χ2n) is 3.62. The molecule has 18 heavy (non-hydrogen) atoms. The van der Waals surface area contributed by atoms with E-state index in [1.807, 2.05) is 24.3 Å². The van der Waals surface area contributed by atoms with Gasteiger partial charge in [-0.1, -0.05) is 12.1 Å². The zero-order valence-corrected chi connectivity index (χ0v) is 11.4. The van der Waals surface area contributed by atoms with E-state index in [0.717, 1.165) is 17.7 Å². The summed E-state index contributed by atoms with van der Waals surface area (Å²) in [5.41, 5.74) is 6.29. The molecule has 0 atom stereocenters. The first-order chi connectivity index (χ1) is 8.26. The third kappa shape index (κ3) is 6.47. The number of hydrogen-bond donors (Lipinski definition) is 1. The Morgan fingerprint density at radius 2 is 1.94 bits per heavy atom. The second-order valence-corrected chi connectivity index (χ2v) is 3.62. The van der Waals surface area contributed by atoms with Crippen LogP contribution >= 0.6 is 12.4 Å². The summed E-state index contributed by atoms with van der Waals surface area (Å²) in [5, 5.41) is 0. The maximum Gasteiger partial charge on any atom is 0.310 e.